The van der Waals surface area contributed by atoms with Crippen molar-refractivity contribution in [2.45, 2.75) is 89.1 Å². The Bertz CT molecular complexity index is 580. The smallest absolute Gasteiger partial charge is 0.225 e. The van der Waals surface area contributed by atoms with E-state index in [4.69, 9.17) is 15.7 Å². The maximum absolute atomic E-state index is 6.26. The van der Waals surface area contributed by atoms with Crippen molar-refractivity contribution in [1.29, 1.82) is 0 Å². The van der Waals surface area contributed by atoms with Gasteiger partial charge in [-0.05, 0) is 57.8 Å². The maximum Gasteiger partial charge on any atom is 0.225 e. The lowest BCUT2D eigenvalue weighted by molar-refractivity contribution is 0.631. The molecule has 5 nitrogen and oxygen atoms in total. The molecule has 4 rings (SSSR count). The molecule has 2 aliphatic carbocycles. The summed E-state index contributed by atoms with van der Waals surface area (Å²) in [5.41, 5.74) is 8.99. The van der Waals surface area contributed by atoms with Crippen molar-refractivity contribution in [2.24, 2.45) is 5.73 Å². The fourth-order valence-electron chi connectivity index (χ4n) is 4.69. The van der Waals surface area contributed by atoms with Crippen LogP contribution in [0.5, 0.6) is 0 Å². The fraction of sp³-hybridized carbons (Fsp3) is 0.800. The normalized spacial score (nSPS) is 27.5. The topological polar surface area (TPSA) is 67.1 Å². The summed E-state index contributed by atoms with van der Waals surface area (Å²) in [7, 11) is 0. The van der Waals surface area contributed by atoms with Crippen LogP contribution < -0.4 is 16.0 Å². The van der Waals surface area contributed by atoms with E-state index in [0.29, 0.717) is 6.04 Å². The number of hydrogen-bond donors (Lipinski definition) is 2. The van der Waals surface area contributed by atoms with Crippen LogP contribution in [-0.4, -0.2) is 35.1 Å². The zero-order valence-corrected chi connectivity index (χ0v) is 15.5. The largest absolute Gasteiger partial charge is 0.356 e. The Morgan fingerprint density at radius 2 is 1.60 bits per heavy atom. The minimum atomic E-state index is 0.240. The lowest BCUT2D eigenvalue weighted by atomic mass is 10.1. The predicted molar refractivity (Wildman–Crippen MR) is 103 cm³/mol. The molecule has 5 heteroatoms. The van der Waals surface area contributed by atoms with Crippen LogP contribution in [0.3, 0.4) is 0 Å². The second-order valence-electron chi connectivity index (χ2n) is 8.10. The predicted octanol–water partition coefficient (Wildman–Crippen LogP) is 3.42. The van der Waals surface area contributed by atoms with Gasteiger partial charge < -0.3 is 16.0 Å². The van der Waals surface area contributed by atoms with Gasteiger partial charge in [0, 0.05) is 30.7 Å². The van der Waals surface area contributed by atoms with Gasteiger partial charge in [-0.25, -0.2) is 4.98 Å². The lowest BCUT2D eigenvalue weighted by Gasteiger charge is -2.26. The molecule has 0 amide bonds. The highest BCUT2D eigenvalue weighted by Gasteiger charge is 2.26. The molecule has 0 bridgehead atoms. The number of aryl methyl sites for hydroxylation is 1. The van der Waals surface area contributed by atoms with Crippen molar-refractivity contribution >= 4 is 11.8 Å². The summed E-state index contributed by atoms with van der Waals surface area (Å²) in [6.07, 6.45) is 14.8. The van der Waals surface area contributed by atoms with Gasteiger partial charge in [-0.1, -0.05) is 19.3 Å². The Morgan fingerprint density at radius 1 is 0.840 bits per heavy atom. The van der Waals surface area contributed by atoms with Crippen LogP contribution in [0.2, 0.25) is 0 Å². The van der Waals surface area contributed by atoms with E-state index in [1.165, 1.54) is 68.4 Å². The minimum absolute atomic E-state index is 0.240. The molecule has 0 spiro atoms. The Balaban J connectivity index is 1.65. The van der Waals surface area contributed by atoms with Gasteiger partial charge in [0.1, 0.15) is 5.82 Å². The molecule has 3 aliphatic rings. The van der Waals surface area contributed by atoms with E-state index < -0.39 is 0 Å². The third-order valence-electron chi connectivity index (χ3n) is 6.20. The molecule has 1 saturated heterocycles. The molecule has 25 heavy (non-hydrogen) atoms. The summed E-state index contributed by atoms with van der Waals surface area (Å²) in [6.45, 7) is 2.29. The number of nitrogens with zero attached hydrogens (tertiary/aromatic N) is 3. The number of anilines is 2. The monoisotopic (exact) mass is 343 g/mol. The van der Waals surface area contributed by atoms with Crippen LogP contribution >= 0.6 is 0 Å². The van der Waals surface area contributed by atoms with Gasteiger partial charge in [-0.15, -0.1) is 0 Å². The summed E-state index contributed by atoms with van der Waals surface area (Å²) in [6, 6.07) is 0.574. The molecule has 138 valence electrons. The second-order valence-corrected chi connectivity index (χ2v) is 8.10. The third kappa shape index (κ3) is 3.91. The highest BCUT2D eigenvalue weighted by atomic mass is 15.2. The molecule has 3 N–H and O–H groups in total. The Hall–Kier alpha value is -1.36. The summed E-state index contributed by atoms with van der Waals surface area (Å²) in [4.78, 5) is 12.5. The van der Waals surface area contributed by atoms with Gasteiger partial charge in [0.25, 0.3) is 0 Å². The summed E-state index contributed by atoms with van der Waals surface area (Å²) in [5.74, 6) is 2.05. The number of rotatable bonds is 3. The zero-order valence-electron chi connectivity index (χ0n) is 15.5. The second kappa shape index (κ2) is 7.90. The fourth-order valence-corrected chi connectivity index (χ4v) is 4.69. The highest BCUT2D eigenvalue weighted by Crippen LogP contribution is 2.31. The Labute approximate surface area is 151 Å². The number of hydrogen-bond acceptors (Lipinski definition) is 5. The lowest BCUT2D eigenvalue weighted by Crippen LogP contribution is -2.36. The van der Waals surface area contributed by atoms with E-state index in [2.05, 4.69) is 10.2 Å². The average Bonchev–Trinajstić information content (AvgIpc) is 2.86. The molecular formula is C20H33N5. The van der Waals surface area contributed by atoms with Crippen LogP contribution in [-0.2, 0) is 12.8 Å². The first-order valence-corrected chi connectivity index (χ1v) is 10.5. The molecule has 2 fully saturated rings. The average molecular weight is 344 g/mol. The van der Waals surface area contributed by atoms with E-state index in [1.54, 1.807) is 0 Å². The van der Waals surface area contributed by atoms with Gasteiger partial charge in [-0.2, -0.15) is 4.98 Å². The van der Waals surface area contributed by atoms with Crippen molar-refractivity contribution in [3.8, 4) is 0 Å². The van der Waals surface area contributed by atoms with E-state index in [9.17, 15) is 0 Å². The Morgan fingerprint density at radius 3 is 2.36 bits per heavy atom. The summed E-state index contributed by atoms with van der Waals surface area (Å²) < 4.78 is 0. The first-order valence-electron chi connectivity index (χ1n) is 10.5. The van der Waals surface area contributed by atoms with E-state index >= 15 is 0 Å². The van der Waals surface area contributed by atoms with Crippen LogP contribution in [0.1, 0.15) is 75.5 Å². The SMILES string of the molecule is NC1CCCC1Nc1nc2c(c(N3CCCCCC3)n1)CCCCC2. The molecule has 1 aromatic heterocycles. The van der Waals surface area contributed by atoms with Gasteiger partial charge >= 0.3 is 0 Å². The quantitative estimate of drug-likeness (QED) is 0.823. The van der Waals surface area contributed by atoms with E-state index in [0.717, 1.165) is 44.7 Å². The molecule has 0 radical (unpaired) electrons. The molecule has 1 aliphatic heterocycles. The first-order chi connectivity index (χ1) is 12.3. The standard InChI is InChI=1S/C20H33N5/c21-16-10-8-12-18(16)23-20-22-17-11-5-3-4-9-15(17)19(24-20)25-13-6-1-2-7-14-25/h16,18H,1-14,21H2,(H,22,23,24). The molecule has 1 aromatic rings. The van der Waals surface area contributed by atoms with Crippen molar-refractivity contribution in [3.63, 3.8) is 0 Å². The zero-order chi connectivity index (χ0) is 17.1. The van der Waals surface area contributed by atoms with Gasteiger partial charge in [0.2, 0.25) is 5.95 Å². The summed E-state index contributed by atoms with van der Waals surface area (Å²) >= 11 is 0. The number of nitrogens with two attached hydrogens (primary N) is 1. The van der Waals surface area contributed by atoms with Crippen molar-refractivity contribution in [2.75, 3.05) is 23.3 Å². The molecule has 2 heterocycles. The van der Waals surface area contributed by atoms with Gasteiger partial charge in [0.15, 0.2) is 0 Å². The van der Waals surface area contributed by atoms with Crippen molar-refractivity contribution in [1.82, 2.24) is 9.97 Å². The molecule has 0 aromatic carbocycles. The number of fused-ring (bicyclic) bond motifs is 1. The van der Waals surface area contributed by atoms with Crippen LogP contribution in [0.25, 0.3) is 0 Å². The number of nitrogens with one attached hydrogen (secondary N) is 1. The summed E-state index contributed by atoms with van der Waals surface area (Å²) in [5, 5.41) is 3.58. The molecule has 2 unspecified atom stereocenters. The molecule has 1 saturated carbocycles. The molecule has 2 atom stereocenters. The Kier molecular flexibility index (Phi) is 5.39. The van der Waals surface area contributed by atoms with E-state index in [1.807, 2.05) is 0 Å². The number of aromatic nitrogens is 2. The van der Waals surface area contributed by atoms with Crippen LogP contribution in [0.15, 0.2) is 0 Å². The first kappa shape index (κ1) is 17.1. The van der Waals surface area contributed by atoms with Gasteiger partial charge in [-0.3, -0.25) is 0 Å². The maximum atomic E-state index is 6.26. The van der Waals surface area contributed by atoms with Crippen LogP contribution in [0.4, 0.5) is 11.8 Å². The van der Waals surface area contributed by atoms with Crippen molar-refractivity contribution in [3.05, 3.63) is 11.3 Å². The van der Waals surface area contributed by atoms with Crippen LogP contribution in [0, 0.1) is 0 Å². The van der Waals surface area contributed by atoms with Gasteiger partial charge in [0.05, 0.1) is 5.69 Å². The van der Waals surface area contributed by atoms with E-state index in [-0.39, 0.29) is 6.04 Å². The minimum Gasteiger partial charge on any atom is -0.356 e. The molecular weight excluding hydrogens is 310 g/mol. The third-order valence-corrected chi connectivity index (χ3v) is 6.20. The highest BCUT2D eigenvalue weighted by molar-refractivity contribution is 5.53. The van der Waals surface area contributed by atoms with Crippen molar-refractivity contribution < 1.29 is 0 Å².